The minimum atomic E-state index is -3.58. The maximum Gasteiger partial charge on any atom is 0.237 e. The molecular weight excluding hydrogens is 488 g/mol. The van der Waals surface area contributed by atoms with E-state index in [1.165, 1.54) is 26.9 Å². The van der Waals surface area contributed by atoms with Gasteiger partial charge in [0.15, 0.2) is 0 Å². The minimum Gasteiger partial charge on any atom is -0.345 e. The number of hydrogen-bond acceptors (Lipinski definition) is 5. The van der Waals surface area contributed by atoms with Crippen LogP contribution in [0.4, 0.5) is 0 Å². The Morgan fingerprint density at radius 1 is 1.11 bits per heavy atom. The van der Waals surface area contributed by atoms with Gasteiger partial charge in [-0.1, -0.05) is 48.4 Å². The highest BCUT2D eigenvalue weighted by atomic mass is 32.2. The fourth-order valence-corrected chi connectivity index (χ4v) is 6.70. The van der Waals surface area contributed by atoms with Crippen molar-refractivity contribution < 1.29 is 18.0 Å². The molecule has 2 saturated heterocycles. The van der Waals surface area contributed by atoms with E-state index in [-0.39, 0.29) is 49.5 Å². The molecule has 2 aliphatic rings. The van der Waals surface area contributed by atoms with Gasteiger partial charge in [-0.05, 0) is 42.5 Å². The molecule has 0 aliphatic carbocycles. The largest absolute Gasteiger partial charge is 0.345 e. The highest BCUT2D eigenvalue weighted by Gasteiger charge is 2.36. The highest BCUT2D eigenvalue weighted by molar-refractivity contribution is 7.88. The maximum absolute atomic E-state index is 13.1. The summed E-state index contributed by atoms with van der Waals surface area (Å²) in [5.41, 5.74) is 1.27. The van der Waals surface area contributed by atoms with E-state index < -0.39 is 10.0 Å². The van der Waals surface area contributed by atoms with Gasteiger partial charge < -0.3 is 10.2 Å². The molecule has 2 aromatic carbocycles. The number of carbonyl (C=O) groups is 2. The molecule has 2 amide bonds. The molecule has 0 bridgehead atoms. The first-order valence-corrected chi connectivity index (χ1v) is 14.7. The number of likely N-dealkylation sites (tertiary alicyclic amines) is 2. The van der Waals surface area contributed by atoms with Crippen molar-refractivity contribution in [1.29, 1.82) is 0 Å². The number of nitrogens with one attached hydrogen (secondary N) is 1. The Bertz CT molecular complexity index is 1280. The number of rotatable bonds is 8. The molecule has 9 heteroatoms. The third kappa shape index (κ3) is 6.32. The number of benzene rings is 2. The second kappa shape index (κ2) is 11.6. The van der Waals surface area contributed by atoms with Crippen LogP contribution in [0.1, 0.15) is 37.8 Å². The lowest BCUT2D eigenvalue weighted by molar-refractivity contribution is -0.131. The van der Waals surface area contributed by atoms with Crippen molar-refractivity contribution in [3.05, 3.63) is 48.0 Å². The molecule has 2 aliphatic heterocycles. The third-order valence-electron chi connectivity index (χ3n) is 7.72. The van der Waals surface area contributed by atoms with Crippen molar-refractivity contribution in [3.8, 4) is 12.3 Å². The summed E-state index contributed by atoms with van der Waals surface area (Å²) in [6.45, 7) is 4.37. The Kier molecular flexibility index (Phi) is 8.53. The van der Waals surface area contributed by atoms with E-state index in [0.29, 0.717) is 25.8 Å². The van der Waals surface area contributed by atoms with Crippen molar-refractivity contribution in [2.75, 3.05) is 45.5 Å². The average molecular weight is 525 g/mol. The summed E-state index contributed by atoms with van der Waals surface area (Å²) in [5, 5.41) is 5.11. The second-order valence-corrected chi connectivity index (χ2v) is 12.0. The normalized spacial score (nSPS) is 20.2. The zero-order valence-electron chi connectivity index (χ0n) is 21.6. The SMILES string of the molecule is C#CCNC(=O)C1CCN(C(=O)CN(C2CCN([C@H](C)c3cccc4ccccc34)CC2)S(C)(=O)=O)C1. The first-order valence-electron chi connectivity index (χ1n) is 12.9. The number of terminal acetylenes is 1. The Hall–Kier alpha value is -2.93. The molecule has 2 fully saturated rings. The zero-order valence-corrected chi connectivity index (χ0v) is 22.4. The minimum absolute atomic E-state index is 0.156. The lowest BCUT2D eigenvalue weighted by Gasteiger charge is -2.40. The van der Waals surface area contributed by atoms with E-state index in [4.69, 9.17) is 6.42 Å². The number of sulfonamides is 1. The predicted octanol–water partition coefficient (Wildman–Crippen LogP) is 2.22. The molecule has 2 aromatic rings. The van der Waals surface area contributed by atoms with Crippen LogP contribution in [0.3, 0.4) is 0 Å². The zero-order chi connectivity index (χ0) is 26.6. The van der Waals surface area contributed by atoms with Crippen molar-refractivity contribution in [2.45, 2.75) is 38.3 Å². The molecule has 37 heavy (non-hydrogen) atoms. The first-order chi connectivity index (χ1) is 17.7. The van der Waals surface area contributed by atoms with Crippen molar-refractivity contribution >= 4 is 32.6 Å². The van der Waals surface area contributed by atoms with E-state index in [1.807, 2.05) is 6.07 Å². The number of fused-ring (bicyclic) bond motifs is 1. The average Bonchev–Trinajstić information content (AvgIpc) is 3.40. The van der Waals surface area contributed by atoms with Crippen molar-refractivity contribution in [2.24, 2.45) is 5.92 Å². The summed E-state index contributed by atoms with van der Waals surface area (Å²) in [7, 11) is -3.58. The van der Waals surface area contributed by atoms with Crippen LogP contribution < -0.4 is 5.32 Å². The number of nitrogens with zero attached hydrogens (tertiary/aromatic N) is 3. The number of amides is 2. The van der Waals surface area contributed by atoms with Gasteiger partial charge in [0.05, 0.1) is 25.3 Å². The quantitative estimate of drug-likeness (QED) is 0.535. The molecule has 0 spiro atoms. The van der Waals surface area contributed by atoms with E-state index >= 15 is 0 Å². The van der Waals surface area contributed by atoms with Crippen LogP contribution >= 0.6 is 0 Å². The Balaban J connectivity index is 1.37. The van der Waals surface area contributed by atoms with E-state index in [0.717, 1.165) is 13.1 Å². The monoisotopic (exact) mass is 524 g/mol. The maximum atomic E-state index is 13.1. The van der Waals surface area contributed by atoms with Gasteiger partial charge in [0.2, 0.25) is 21.8 Å². The Morgan fingerprint density at radius 3 is 2.51 bits per heavy atom. The molecular formula is C28H36N4O4S. The van der Waals surface area contributed by atoms with Crippen molar-refractivity contribution in [1.82, 2.24) is 19.4 Å². The van der Waals surface area contributed by atoms with Gasteiger partial charge in [0, 0.05) is 38.3 Å². The van der Waals surface area contributed by atoms with E-state index in [2.05, 4.69) is 59.5 Å². The molecule has 1 unspecified atom stereocenters. The molecule has 2 atom stereocenters. The van der Waals surface area contributed by atoms with Gasteiger partial charge in [-0.3, -0.25) is 14.5 Å². The fourth-order valence-electron chi connectivity index (χ4n) is 5.61. The van der Waals surface area contributed by atoms with Crippen molar-refractivity contribution in [3.63, 3.8) is 0 Å². The highest BCUT2D eigenvalue weighted by Crippen LogP contribution is 2.31. The van der Waals surface area contributed by atoms with Gasteiger partial charge in [-0.2, -0.15) is 4.31 Å². The van der Waals surface area contributed by atoms with E-state index in [9.17, 15) is 18.0 Å². The molecule has 0 aromatic heterocycles. The number of carbonyl (C=O) groups excluding carboxylic acids is 2. The third-order valence-corrected chi connectivity index (χ3v) is 9.00. The molecule has 2 heterocycles. The molecule has 1 N–H and O–H groups in total. The molecule has 0 radical (unpaired) electrons. The predicted molar refractivity (Wildman–Crippen MR) is 145 cm³/mol. The van der Waals surface area contributed by atoms with E-state index in [1.54, 1.807) is 4.90 Å². The molecule has 198 valence electrons. The standard InChI is InChI=1S/C28H36N4O4S/c1-4-15-29-28(34)23-12-16-31(19-23)27(33)20-32(37(3,35)36)24-13-17-30(18-14-24)21(2)25-11-7-9-22-8-5-6-10-26(22)25/h1,5-11,21,23-24H,12-20H2,2-3H3,(H,29,34)/t21-,23?/m1/s1. The summed E-state index contributed by atoms with van der Waals surface area (Å²) >= 11 is 0. The first kappa shape index (κ1) is 27.1. The fraction of sp³-hybridized carbons (Fsp3) is 0.500. The van der Waals surface area contributed by atoms with Gasteiger partial charge in [-0.25, -0.2) is 8.42 Å². The van der Waals surface area contributed by atoms with Gasteiger partial charge in [0.1, 0.15) is 0 Å². The Labute approximate surface area is 220 Å². The van der Waals surface area contributed by atoms with Crippen LogP contribution in [0.5, 0.6) is 0 Å². The number of hydrogen-bond donors (Lipinski definition) is 1. The van der Waals surface area contributed by atoms with Crippen LogP contribution in [-0.2, 0) is 19.6 Å². The smallest absolute Gasteiger partial charge is 0.237 e. The second-order valence-electron chi connectivity index (χ2n) is 10.1. The lowest BCUT2D eigenvalue weighted by atomic mass is 9.96. The van der Waals surface area contributed by atoms with Crippen LogP contribution in [0, 0.1) is 18.3 Å². The topological polar surface area (TPSA) is 90.0 Å². The summed E-state index contributed by atoms with van der Waals surface area (Å²) < 4.78 is 26.8. The summed E-state index contributed by atoms with van der Waals surface area (Å²) in [6.07, 6.45) is 8.24. The molecule has 0 saturated carbocycles. The summed E-state index contributed by atoms with van der Waals surface area (Å²) in [6, 6.07) is 14.7. The van der Waals surface area contributed by atoms with Crippen LogP contribution in [-0.4, -0.2) is 85.9 Å². The molecule has 8 nitrogen and oxygen atoms in total. The molecule has 4 rings (SSSR count). The van der Waals surface area contributed by atoms with Crippen LogP contribution in [0.15, 0.2) is 42.5 Å². The Morgan fingerprint density at radius 2 is 1.81 bits per heavy atom. The summed E-state index contributed by atoms with van der Waals surface area (Å²) in [4.78, 5) is 29.2. The van der Waals surface area contributed by atoms with Crippen LogP contribution in [0.25, 0.3) is 10.8 Å². The van der Waals surface area contributed by atoms with Crippen LogP contribution in [0.2, 0.25) is 0 Å². The van der Waals surface area contributed by atoms with Gasteiger partial charge >= 0.3 is 0 Å². The summed E-state index contributed by atoms with van der Waals surface area (Å²) in [5.74, 6) is 1.63. The van der Waals surface area contributed by atoms with Gasteiger partial charge in [-0.15, -0.1) is 6.42 Å². The lowest BCUT2D eigenvalue weighted by Crippen LogP contribution is -2.51. The van der Waals surface area contributed by atoms with Gasteiger partial charge in [0.25, 0.3) is 0 Å². The number of piperidine rings is 1.